The molecule has 0 aliphatic carbocycles. The van der Waals surface area contributed by atoms with Gasteiger partial charge < -0.3 is 14.7 Å². The Kier molecular flexibility index (Phi) is 4.64. The van der Waals surface area contributed by atoms with Crippen LogP contribution in [0.25, 0.3) is 0 Å². The zero-order chi connectivity index (χ0) is 15.4. The Labute approximate surface area is 132 Å². The number of ether oxygens (including phenoxy) is 1. The van der Waals surface area contributed by atoms with E-state index in [-0.39, 0.29) is 6.61 Å². The third-order valence-electron chi connectivity index (χ3n) is 4.30. The lowest BCUT2D eigenvalue weighted by Crippen LogP contribution is -2.34. The molecule has 0 amide bonds. The van der Waals surface area contributed by atoms with Crippen molar-refractivity contribution in [2.24, 2.45) is 0 Å². The predicted molar refractivity (Wildman–Crippen MR) is 89.6 cm³/mol. The molecule has 1 aliphatic heterocycles. The average molecular weight is 297 g/mol. The van der Waals surface area contributed by atoms with Crippen LogP contribution in [0.5, 0.6) is 5.75 Å². The Hall–Kier alpha value is -2.00. The summed E-state index contributed by atoms with van der Waals surface area (Å²) in [7, 11) is 0. The molecule has 22 heavy (non-hydrogen) atoms. The Morgan fingerprint density at radius 3 is 2.73 bits per heavy atom. The molecule has 0 spiro atoms. The van der Waals surface area contributed by atoms with E-state index in [4.69, 9.17) is 4.74 Å². The van der Waals surface area contributed by atoms with E-state index in [1.165, 1.54) is 16.8 Å². The van der Waals surface area contributed by atoms with Crippen molar-refractivity contribution in [3.63, 3.8) is 0 Å². The van der Waals surface area contributed by atoms with E-state index < -0.39 is 0 Å². The fourth-order valence-corrected chi connectivity index (χ4v) is 3.24. The van der Waals surface area contributed by atoms with Gasteiger partial charge in [0.1, 0.15) is 12.4 Å². The van der Waals surface area contributed by atoms with E-state index >= 15 is 0 Å². The van der Waals surface area contributed by atoms with Crippen molar-refractivity contribution in [1.82, 2.24) is 0 Å². The molecular weight excluding hydrogens is 274 g/mol. The summed E-state index contributed by atoms with van der Waals surface area (Å²) < 4.78 is 5.83. The molecular formula is C19H23NO2. The van der Waals surface area contributed by atoms with Gasteiger partial charge in [-0.3, -0.25) is 0 Å². The minimum atomic E-state index is 0.122. The summed E-state index contributed by atoms with van der Waals surface area (Å²) in [4.78, 5) is 2.40. The van der Waals surface area contributed by atoms with Crippen molar-refractivity contribution in [2.45, 2.75) is 26.4 Å². The molecule has 3 heteroatoms. The van der Waals surface area contributed by atoms with Gasteiger partial charge in [0.05, 0.1) is 13.2 Å². The molecule has 0 bridgehead atoms. The SMILES string of the molecule is Cc1ccc(CO)c2c1N(CCOc1ccccc1)CCC2. The molecule has 2 aromatic rings. The lowest BCUT2D eigenvalue weighted by Gasteiger charge is -2.34. The largest absolute Gasteiger partial charge is 0.492 e. The maximum Gasteiger partial charge on any atom is 0.119 e. The molecule has 1 aliphatic rings. The maximum atomic E-state index is 9.55. The summed E-state index contributed by atoms with van der Waals surface area (Å²) in [5.74, 6) is 0.917. The van der Waals surface area contributed by atoms with E-state index in [0.717, 1.165) is 37.2 Å². The van der Waals surface area contributed by atoms with Gasteiger partial charge in [0.25, 0.3) is 0 Å². The highest BCUT2D eigenvalue weighted by molar-refractivity contribution is 5.63. The van der Waals surface area contributed by atoms with Crippen LogP contribution >= 0.6 is 0 Å². The normalized spacial score (nSPS) is 13.8. The highest BCUT2D eigenvalue weighted by Gasteiger charge is 2.21. The minimum Gasteiger partial charge on any atom is -0.492 e. The number of hydrogen-bond acceptors (Lipinski definition) is 3. The highest BCUT2D eigenvalue weighted by atomic mass is 16.5. The molecule has 0 unspecified atom stereocenters. The van der Waals surface area contributed by atoms with Crippen LogP contribution in [-0.2, 0) is 13.0 Å². The number of fused-ring (bicyclic) bond motifs is 1. The fraction of sp³-hybridized carbons (Fsp3) is 0.368. The second-order valence-electron chi connectivity index (χ2n) is 5.78. The molecule has 0 saturated heterocycles. The topological polar surface area (TPSA) is 32.7 Å². The molecule has 3 nitrogen and oxygen atoms in total. The van der Waals surface area contributed by atoms with Crippen LogP contribution in [0.2, 0.25) is 0 Å². The van der Waals surface area contributed by atoms with Gasteiger partial charge in [-0.15, -0.1) is 0 Å². The Morgan fingerprint density at radius 2 is 1.95 bits per heavy atom. The number of benzene rings is 2. The quantitative estimate of drug-likeness (QED) is 0.919. The first-order valence-corrected chi connectivity index (χ1v) is 7.94. The number of aliphatic hydroxyl groups is 1. The number of nitrogens with zero attached hydrogens (tertiary/aromatic N) is 1. The number of para-hydroxylation sites is 1. The molecule has 0 fully saturated rings. The van der Waals surface area contributed by atoms with E-state index in [2.05, 4.69) is 24.0 Å². The van der Waals surface area contributed by atoms with Gasteiger partial charge in [-0.2, -0.15) is 0 Å². The van der Waals surface area contributed by atoms with Crippen LogP contribution in [0.1, 0.15) is 23.1 Å². The number of anilines is 1. The summed E-state index contributed by atoms with van der Waals surface area (Å²) in [6, 6.07) is 14.1. The molecule has 0 saturated carbocycles. The molecule has 116 valence electrons. The first kappa shape index (κ1) is 14.9. The Bertz CT molecular complexity index is 625. The number of rotatable bonds is 5. The third kappa shape index (κ3) is 3.09. The first-order valence-electron chi connectivity index (χ1n) is 7.94. The van der Waals surface area contributed by atoms with Crippen LogP contribution in [-0.4, -0.2) is 24.8 Å². The summed E-state index contributed by atoms with van der Waals surface area (Å²) in [5, 5.41) is 9.55. The van der Waals surface area contributed by atoms with Crippen molar-refractivity contribution < 1.29 is 9.84 Å². The Morgan fingerprint density at radius 1 is 1.14 bits per heavy atom. The first-order chi connectivity index (χ1) is 10.8. The van der Waals surface area contributed by atoms with E-state index in [1.54, 1.807) is 0 Å². The van der Waals surface area contributed by atoms with Crippen LogP contribution in [0.3, 0.4) is 0 Å². The van der Waals surface area contributed by atoms with Crippen LogP contribution in [0.15, 0.2) is 42.5 Å². The van der Waals surface area contributed by atoms with E-state index in [1.807, 2.05) is 30.3 Å². The summed E-state index contributed by atoms with van der Waals surface area (Å²) >= 11 is 0. The number of aryl methyl sites for hydroxylation is 1. The average Bonchev–Trinajstić information content (AvgIpc) is 2.56. The number of aliphatic hydroxyl groups excluding tert-OH is 1. The van der Waals surface area contributed by atoms with Crippen LogP contribution in [0.4, 0.5) is 5.69 Å². The van der Waals surface area contributed by atoms with Crippen molar-refractivity contribution in [3.8, 4) is 5.75 Å². The molecule has 0 atom stereocenters. The van der Waals surface area contributed by atoms with Gasteiger partial charge in [0.15, 0.2) is 0 Å². The fourth-order valence-electron chi connectivity index (χ4n) is 3.24. The lowest BCUT2D eigenvalue weighted by molar-refractivity contribution is 0.280. The molecule has 0 aromatic heterocycles. The van der Waals surface area contributed by atoms with Gasteiger partial charge in [0.2, 0.25) is 0 Å². The number of hydrogen-bond donors (Lipinski definition) is 1. The van der Waals surface area contributed by atoms with Gasteiger partial charge in [0, 0.05) is 12.2 Å². The monoisotopic (exact) mass is 297 g/mol. The van der Waals surface area contributed by atoms with Crippen molar-refractivity contribution in [2.75, 3.05) is 24.6 Å². The van der Waals surface area contributed by atoms with Crippen LogP contribution < -0.4 is 9.64 Å². The van der Waals surface area contributed by atoms with Gasteiger partial charge in [-0.05, 0) is 48.6 Å². The summed E-state index contributed by atoms with van der Waals surface area (Å²) in [6.07, 6.45) is 2.19. The Balaban J connectivity index is 1.72. The van der Waals surface area contributed by atoms with E-state index in [0.29, 0.717) is 6.61 Å². The summed E-state index contributed by atoms with van der Waals surface area (Å²) in [6.45, 7) is 4.87. The standard InChI is InChI=1S/C19H23NO2/c1-15-9-10-16(14-21)18-8-5-11-20(19(15)18)12-13-22-17-6-3-2-4-7-17/h2-4,6-7,9-10,21H,5,8,11-14H2,1H3. The van der Waals surface area contributed by atoms with Crippen LogP contribution in [0, 0.1) is 6.92 Å². The third-order valence-corrected chi connectivity index (χ3v) is 4.30. The smallest absolute Gasteiger partial charge is 0.119 e. The van der Waals surface area contributed by atoms with Crippen molar-refractivity contribution in [3.05, 3.63) is 59.2 Å². The predicted octanol–water partition coefficient (Wildman–Crippen LogP) is 3.32. The zero-order valence-electron chi connectivity index (χ0n) is 13.1. The molecule has 0 radical (unpaired) electrons. The molecule has 1 heterocycles. The highest BCUT2D eigenvalue weighted by Crippen LogP contribution is 2.33. The molecule has 3 rings (SSSR count). The van der Waals surface area contributed by atoms with Gasteiger partial charge in [-0.25, -0.2) is 0 Å². The molecule has 1 N–H and O–H groups in total. The summed E-state index contributed by atoms with van der Waals surface area (Å²) in [5.41, 5.74) is 4.96. The lowest BCUT2D eigenvalue weighted by atomic mass is 9.93. The zero-order valence-corrected chi connectivity index (χ0v) is 13.1. The maximum absolute atomic E-state index is 9.55. The van der Waals surface area contributed by atoms with Crippen molar-refractivity contribution in [1.29, 1.82) is 0 Å². The van der Waals surface area contributed by atoms with Crippen molar-refractivity contribution >= 4 is 5.69 Å². The van der Waals surface area contributed by atoms with E-state index in [9.17, 15) is 5.11 Å². The molecule has 2 aromatic carbocycles. The van der Waals surface area contributed by atoms with Gasteiger partial charge in [-0.1, -0.05) is 30.3 Å². The minimum absolute atomic E-state index is 0.122. The second kappa shape index (κ2) is 6.84. The van der Waals surface area contributed by atoms with Gasteiger partial charge >= 0.3 is 0 Å². The second-order valence-corrected chi connectivity index (χ2v) is 5.78.